The monoisotopic (exact) mass is 392 g/mol. The number of nitrogens with two attached hydrogens (primary N) is 1. The van der Waals surface area contributed by atoms with E-state index in [1.54, 1.807) is 35.9 Å². The number of nitrogens with one attached hydrogen (secondary N) is 1. The Bertz CT molecular complexity index is 997. The summed E-state index contributed by atoms with van der Waals surface area (Å²) in [5.41, 5.74) is 9.02. The molecule has 0 bridgehead atoms. The van der Waals surface area contributed by atoms with Crippen LogP contribution in [0.25, 0.3) is 0 Å². The summed E-state index contributed by atoms with van der Waals surface area (Å²) >= 11 is 7.14. The van der Waals surface area contributed by atoms with Gasteiger partial charge in [0.1, 0.15) is 5.82 Å². The Balaban J connectivity index is 1.74. The predicted octanol–water partition coefficient (Wildman–Crippen LogP) is 3.66. The summed E-state index contributed by atoms with van der Waals surface area (Å²) in [7, 11) is -3.57. The third-order valence-corrected chi connectivity index (χ3v) is 6.01. The Kier molecular flexibility index (Phi) is 5.03. The van der Waals surface area contributed by atoms with Gasteiger partial charge in [-0.1, -0.05) is 23.7 Å². The van der Waals surface area contributed by atoms with Gasteiger partial charge in [-0.2, -0.15) is 5.10 Å². The third kappa shape index (κ3) is 4.16. The van der Waals surface area contributed by atoms with Crippen LogP contribution in [0.1, 0.15) is 5.56 Å². The van der Waals surface area contributed by atoms with Gasteiger partial charge in [0.15, 0.2) is 0 Å². The third-order valence-electron chi connectivity index (χ3n) is 3.21. The van der Waals surface area contributed by atoms with Gasteiger partial charge in [0.2, 0.25) is 15.0 Å². The quantitative estimate of drug-likeness (QED) is 0.510. The summed E-state index contributed by atoms with van der Waals surface area (Å²) in [5.74, 6) is 0.430. The van der Waals surface area contributed by atoms with Gasteiger partial charge in [-0.3, -0.25) is 5.43 Å². The van der Waals surface area contributed by atoms with Crippen LogP contribution in [0.3, 0.4) is 0 Å². The lowest BCUT2D eigenvalue weighted by molar-refractivity contribution is 0.596. The van der Waals surface area contributed by atoms with Crippen LogP contribution in [0.4, 0.5) is 10.9 Å². The van der Waals surface area contributed by atoms with E-state index < -0.39 is 9.84 Å². The fourth-order valence-electron chi connectivity index (χ4n) is 1.98. The van der Waals surface area contributed by atoms with E-state index in [0.29, 0.717) is 16.0 Å². The number of thiazole rings is 1. The van der Waals surface area contributed by atoms with Crippen LogP contribution in [0, 0.1) is 0 Å². The number of rotatable bonds is 5. The van der Waals surface area contributed by atoms with E-state index in [0.717, 1.165) is 5.56 Å². The van der Waals surface area contributed by atoms with Crippen molar-refractivity contribution in [3.05, 3.63) is 64.5 Å². The first kappa shape index (κ1) is 17.4. The number of hydrogen-bond acceptors (Lipinski definition) is 7. The van der Waals surface area contributed by atoms with E-state index >= 15 is 0 Å². The van der Waals surface area contributed by atoms with Crippen LogP contribution in [0.2, 0.25) is 5.02 Å². The standard InChI is InChI=1S/C16H13ClN4O2S2/c17-12-3-7-14(8-4-12)25(22,23)13-5-1-11(2-6-13)9-19-21-16-20-15(18)10-24-16/h1-10H,18H2,(H,20,21). The lowest BCUT2D eigenvalue weighted by atomic mass is 10.2. The van der Waals surface area contributed by atoms with Crippen LogP contribution in [-0.4, -0.2) is 19.6 Å². The van der Waals surface area contributed by atoms with Crippen molar-refractivity contribution in [3.8, 4) is 0 Å². The zero-order valence-corrected chi connectivity index (χ0v) is 15.1. The van der Waals surface area contributed by atoms with Gasteiger partial charge in [0.05, 0.1) is 16.0 Å². The second-order valence-corrected chi connectivity index (χ2v) is 8.22. The summed E-state index contributed by atoms with van der Waals surface area (Å²) in [4.78, 5) is 4.41. The molecule has 0 radical (unpaired) electrons. The number of sulfone groups is 1. The fourth-order valence-corrected chi connectivity index (χ4v) is 3.92. The highest BCUT2D eigenvalue weighted by Gasteiger charge is 2.17. The number of nitrogen functional groups attached to an aromatic ring is 1. The molecule has 6 nitrogen and oxygen atoms in total. The van der Waals surface area contributed by atoms with Crippen LogP contribution in [0.15, 0.2) is 68.8 Å². The van der Waals surface area contributed by atoms with Crippen molar-refractivity contribution in [2.24, 2.45) is 5.10 Å². The minimum Gasteiger partial charge on any atom is -0.383 e. The maximum Gasteiger partial charge on any atom is 0.206 e. The van der Waals surface area contributed by atoms with Gasteiger partial charge in [-0.25, -0.2) is 13.4 Å². The molecular formula is C16H13ClN4O2S2. The molecule has 128 valence electrons. The molecule has 0 fully saturated rings. The molecule has 0 amide bonds. The predicted molar refractivity (Wildman–Crippen MR) is 101 cm³/mol. The Morgan fingerprint density at radius 2 is 1.68 bits per heavy atom. The second-order valence-electron chi connectivity index (χ2n) is 4.97. The minimum absolute atomic E-state index is 0.196. The van der Waals surface area contributed by atoms with E-state index in [4.69, 9.17) is 17.3 Å². The summed E-state index contributed by atoms with van der Waals surface area (Å²) in [6.07, 6.45) is 1.57. The van der Waals surface area contributed by atoms with Crippen molar-refractivity contribution in [2.75, 3.05) is 11.2 Å². The zero-order chi connectivity index (χ0) is 17.9. The molecule has 1 aromatic heterocycles. The molecule has 25 heavy (non-hydrogen) atoms. The second kappa shape index (κ2) is 7.22. The van der Waals surface area contributed by atoms with Crippen molar-refractivity contribution in [1.82, 2.24) is 4.98 Å². The van der Waals surface area contributed by atoms with Gasteiger partial charge >= 0.3 is 0 Å². The van der Waals surface area contributed by atoms with Gasteiger partial charge in [0.25, 0.3) is 0 Å². The number of aromatic nitrogens is 1. The van der Waals surface area contributed by atoms with Crippen molar-refractivity contribution >= 4 is 49.9 Å². The average Bonchev–Trinajstić information content (AvgIpc) is 3.01. The first-order valence-corrected chi connectivity index (χ1v) is 9.80. The first-order chi connectivity index (χ1) is 11.9. The molecule has 9 heteroatoms. The molecular weight excluding hydrogens is 380 g/mol. The summed E-state index contributed by atoms with van der Waals surface area (Å²) in [5, 5.41) is 6.81. The van der Waals surface area contributed by atoms with E-state index in [-0.39, 0.29) is 9.79 Å². The molecule has 3 N–H and O–H groups in total. The average molecular weight is 393 g/mol. The van der Waals surface area contributed by atoms with Crippen molar-refractivity contribution in [3.63, 3.8) is 0 Å². The van der Waals surface area contributed by atoms with Gasteiger partial charge < -0.3 is 5.73 Å². The smallest absolute Gasteiger partial charge is 0.206 e. The Morgan fingerprint density at radius 1 is 1.08 bits per heavy atom. The normalized spacial score (nSPS) is 11.7. The van der Waals surface area contributed by atoms with Crippen molar-refractivity contribution < 1.29 is 8.42 Å². The van der Waals surface area contributed by atoms with Crippen molar-refractivity contribution in [1.29, 1.82) is 0 Å². The highest BCUT2D eigenvalue weighted by molar-refractivity contribution is 7.91. The van der Waals surface area contributed by atoms with E-state index in [1.165, 1.54) is 35.6 Å². The summed E-state index contributed by atoms with van der Waals surface area (Å²) < 4.78 is 25.1. The molecule has 0 saturated heterocycles. The molecule has 1 heterocycles. The number of anilines is 2. The topological polar surface area (TPSA) is 97.4 Å². The summed E-state index contributed by atoms with van der Waals surface area (Å²) in [6.45, 7) is 0. The van der Waals surface area contributed by atoms with Crippen molar-refractivity contribution in [2.45, 2.75) is 9.79 Å². The zero-order valence-electron chi connectivity index (χ0n) is 12.8. The number of halogens is 1. The largest absolute Gasteiger partial charge is 0.383 e. The van der Waals surface area contributed by atoms with Gasteiger partial charge in [-0.15, -0.1) is 11.3 Å². The molecule has 3 rings (SSSR count). The maximum atomic E-state index is 12.5. The highest BCUT2D eigenvalue weighted by atomic mass is 35.5. The lowest BCUT2D eigenvalue weighted by Crippen LogP contribution is -2.02. The van der Waals surface area contributed by atoms with Crippen LogP contribution in [0.5, 0.6) is 0 Å². The molecule has 3 aromatic rings. The molecule has 0 unspecified atom stereocenters. The molecule has 2 aromatic carbocycles. The van der Waals surface area contributed by atoms with E-state index in [9.17, 15) is 8.42 Å². The van der Waals surface area contributed by atoms with Crippen LogP contribution >= 0.6 is 22.9 Å². The number of nitrogens with zero attached hydrogens (tertiary/aromatic N) is 2. The molecule has 0 spiro atoms. The van der Waals surface area contributed by atoms with E-state index in [2.05, 4.69) is 15.5 Å². The molecule has 0 aliphatic heterocycles. The maximum absolute atomic E-state index is 12.5. The Morgan fingerprint density at radius 3 is 2.24 bits per heavy atom. The molecule has 0 saturated carbocycles. The Hall–Kier alpha value is -2.42. The Labute approximate surface area is 153 Å². The fraction of sp³-hybridized carbons (Fsp3) is 0. The molecule has 0 aliphatic rings. The minimum atomic E-state index is -3.57. The lowest BCUT2D eigenvalue weighted by Gasteiger charge is -2.05. The van der Waals surface area contributed by atoms with Gasteiger partial charge in [-0.05, 0) is 42.0 Å². The number of benzene rings is 2. The van der Waals surface area contributed by atoms with E-state index in [1.807, 2.05) is 0 Å². The SMILES string of the molecule is Nc1csc(NN=Cc2ccc(S(=O)(=O)c3ccc(Cl)cc3)cc2)n1. The summed E-state index contributed by atoms with van der Waals surface area (Å²) in [6, 6.07) is 12.5. The van der Waals surface area contributed by atoms with Gasteiger partial charge in [0, 0.05) is 10.4 Å². The first-order valence-electron chi connectivity index (χ1n) is 7.06. The number of hydrogen-bond donors (Lipinski definition) is 2. The number of hydrazone groups is 1. The highest BCUT2D eigenvalue weighted by Crippen LogP contribution is 2.22. The van der Waals surface area contributed by atoms with Crippen LogP contribution < -0.4 is 11.2 Å². The molecule has 0 aliphatic carbocycles. The molecule has 0 atom stereocenters. The van der Waals surface area contributed by atoms with Crippen LogP contribution in [-0.2, 0) is 9.84 Å².